The molecule has 0 aliphatic carbocycles. The van der Waals surface area contributed by atoms with Gasteiger partial charge in [0.15, 0.2) is 0 Å². The molecule has 3 nitrogen and oxygen atoms in total. The van der Waals surface area contributed by atoms with Crippen LogP contribution in [0.3, 0.4) is 0 Å². The summed E-state index contributed by atoms with van der Waals surface area (Å²) in [5.74, 6) is 0.109. The van der Waals surface area contributed by atoms with Crippen LogP contribution < -0.4 is 5.32 Å². The van der Waals surface area contributed by atoms with E-state index in [9.17, 15) is 4.79 Å². The van der Waals surface area contributed by atoms with Crippen molar-refractivity contribution in [2.75, 3.05) is 27.2 Å². The summed E-state index contributed by atoms with van der Waals surface area (Å²) in [6, 6.07) is 10.4. The molecule has 0 aliphatic rings. The van der Waals surface area contributed by atoms with Gasteiger partial charge in [-0.25, -0.2) is 0 Å². The molecule has 0 unspecified atom stereocenters. The number of hydrogen-bond acceptors (Lipinski definition) is 4. The lowest BCUT2D eigenvalue weighted by atomic mass is 10.2. The predicted molar refractivity (Wildman–Crippen MR) is 88.1 cm³/mol. The van der Waals surface area contributed by atoms with Crippen LogP contribution in [0, 0.1) is 0 Å². The molecule has 0 saturated heterocycles. The average Bonchev–Trinajstić information content (AvgIpc) is 3.01. The summed E-state index contributed by atoms with van der Waals surface area (Å²) in [5.41, 5.74) is 0. The lowest BCUT2D eigenvalue weighted by Crippen LogP contribution is -2.32. The van der Waals surface area contributed by atoms with E-state index in [2.05, 4.69) is 29.6 Å². The first-order chi connectivity index (χ1) is 9.70. The Kier molecular flexibility index (Phi) is 3.74. The smallest absolute Gasteiger partial charge is 0.263 e. The van der Waals surface area contributed by atoms with Crippen molar-refractivity contribution in [2.24, 2.45) is 0 Å². The molecule has 0 fully saturated rings. The Balaban J connectivity index is 1.95. The summed E-state index contributed by atoms with van der Waals surface area (Å²) in [4.78, 5) is 15.0. The number of nitrogens with one attached hydrogen (secondary N) is 1. The first kappa shape index (κ1) is 13.5. The van der Waals surface area contributed by atoms with E-state index in [1.807, 2.05) is 20.2 Å². The van der Waals surface area contributed by atoms with Crippen LogP contribution in [0.25, 0.3) is 19.5 Å². The summed E-state index contributed by atoms with van der Waals surface area (Å²) >= 11 is 3.36. The molecular formula is C15H16N2OS2. The van der Waals surface area contributed by atoms with Gasteiger partial charge in [-0.2, -0.15) is 0 Å². The molecule has 3 aromatic rings. The fraction of sp³-hybridized carbons (Fsp3) is 0.267. The summed E-state index contributed by atoms with van der Waals surface area (Å²) in [6.45, 7) is 1.53. The second-order valence-electron chi connectivity index (χ2n) is 4.73. The Morgan fingerprint density at radius 1 is 1.25 bits per heavy atom. The monoisotopic (exact) mass is 304 g/mol. The standard InChI is InChI=1S/C15H16N2OS2/c1-16-7-8-17(2)15(18)13-9-12-14(20-13)10-5-3-4-6-11(10)19-12/h3-6,9,16H,7-8H2,1-2H3. The Morgan fingerprint density at radius 3 is 2.85 bits per heavy atom. The first-order valence-corrected chi connectivity index (χ1v) is 8.15. The van der Waals surface area contributed by atoms with Crippen LogP contribution >= 0.6 is 22.7 Å². The summed E-state index contributed by atoms with van der Waals surface area (Å²) in [7, 11) is 3.75. The third-order valence-electron chi connectivity index (χ3n) is 3.30. The van der Waals surface area contributed by atoms with Gasteiger partial charge in [-0.15, -0.1) is 22.7 Å². The summed E-state index contributed by atoms with van der Waals surface area (Å²) in [6.07, 6.45) is 0. The van der Waals surface area contributed by atoms with Gasteiger partial charge < -0.3 is 10.2 Å². The first-order valence-electron chi connectivity index (χ1n) is 6.52. The van der Waals surface area contributed by atoms with Crippen LogP contribution in [0.15, 0.2) is 30.3 Å². The van der Waals surface area contributed by atoms with Gasteiger partial charge in [0, 0.05) is 34.9 Å². The number of likely N-dealkylation sites (N-methyl/N-ethyl adjacent to an activating group) is 2. The van der Waals surface area contributed by atoms with Gasteiger partial charge >= 0.3 is 0 Å². The third kappa shape index (κ3) is 2.32. The van der Waals surface area contributed by atoms with Crippen LogP contribution in [0.5, 0.6) is 0 Å². The maximum absolute atomic E-state index is 12.4. The molecule has 20 heavy (non-hydrogen) atoms. The number of carbonyl (C=O) groups excluding carboxylic acids is 1. The van der Waals surface area contributed by atoms with E-state index in [4.69, 9.17) is 0 Å². The molecule has 2 heterocycles. The van der Waals surface area contributed by atoms with Crippen LogP contribution in [0.1, 0.15) is 9.67 Å². The number of thiophene rings is 2. The van der Waals surface area contributed by atoms with Crippen molar-refractivity contribution >= 4 is 48.1 Å². The van der Waals surface area contributed by atoms with Gasteiger partial charge in [-0.05, 0) is 19.2 Å². The van der Waals surface area contributed by atoms with Gasteiger partial charge in [-0.1, -0.05) is 18.2 Å². The predicted octanol–water partition coefficient (Wildman–Crippen LogP) is 3.41. The highest BCUT2D eigenvalue weighted by Gasteiger charge is 2.16. The maximum Gasteiger partial charge on any atom is 0.263 e. The van der Waals surface area contributed by atoms with Crippen LogP contribution in [-0.2, 0) is 0 Å². The van der Waals surface area contributed by atoms with Crippen molar-refractivity contribution in [3.8, 4) is 0 Å². The number of benzene rings is 1. The van der Waals surface area contributed by atoms with Crippen molar-refractivity contribution in [3.63, 3.8) is 0 Å². The zero-order chi connectivity index (χ0) is 14.1. The van der Waals surface area contributed by atoms with E-state index >= 15 is 0 Å². The normalized spacial score (nSPS) is 11.3. The third-order valence-corrected chi connectivity index (χ3v) is 5.71. The maximum atomic E-state index is 12.4. The quantitative estimate of drug-likeness (QED) is 0.801. The second kappa shape index (κ2) is 5.52. The molecule has 2 aromatic heterocycles. The highest BCUT2D eigenvalue weighted by molar-refractivity contribution is 7.33. The van der Waals surface area contributed by atoms with Gasteiger partial charge in [-0.3, -0.25) is 4.79 Å². The zero-order valence-corrected chi connectivity index (χ0v) is 13.1. The van der Waals surface area contributed by atoms with Gasteiger partial charge in [0.2, 0.25) is 0 Å². The number of rotatable bonds is 4. The molecule has 0 spiro atoms. The molecule has 1 N–H and O–H groups in total. The second-order valence-corrected chi connectivity index (χ2v) is 6.87. The Labute approximate surface area is 125 Å². The molecule has 104 valence electrons. The minimum Gasteiger partial charge on any atom is -0.340 e. The number of hydrogen-bond donors (Lipinski definition) is 1. The SMILES string of the molecule is CNCCN(C)C(=O)c1cc2sc3ccccc3c2s1. The largest absolute Gasteiger partial charge is 0.340 e. The molecule has 5 heteroatoms. The van der Waals surface area contributed by atoms with E-state index in [0.29, 0.717) is 0 Å². The van der Waals surface area contributed by atoms with E-state index in [1.54, 1.807) is 27.6 Å². The average molecular weight is 304 g/mol. The molecule has 3 rings (SSSR count). The minimum absolute atomic E-state index is 0.109. The number of amides is 1. The van der Waals surface area contributed by atoms with Crippen molar-refractivity contribution < 1.29 is 4.79 Å². The van der Waals surface area contributed by atoms with E-state index < -0.39 is 0 Å². The van der Waals surface area contributed by atoms with E-state index in [-0.39, 0.29) is 5.91 Å². The lowest BCUT2D eigenvalue weighted by molar-refractivity contribution is 0.0801. The van der Waals surface area contributed by atoms with Crippen LogP contribution in [0.4, 0.5) is 0 Å². The van der Waals surface area contributed by atoms with Gasteiger partial charge in [0.25, 0.3) is 5.91 Å². The highest BCUT2D eigenvalue weighted by Crippen LogP contribution is 2.39. The van der Waals surface area contributed by atoms with Crippen molar-refractivity contribution in [1.29, 1.82) is 0 Å². The Bertz CT molecular complexity index is 760. The number of fused-ring (bicyclic) bond motifs is 3. The summed E-state index contributed by atoms with van der Waals surface area (Å²) in [5, 5.41) is 4.32. The lowest BCUT2D eigenvalue weighted by Gasteiger charge is -2.15. The molecule has 1 aromatic carbocycles. The fourth-order valence-corrected chi connectivity index (χ4v) is 4.69. The Hall–Kier alpha value is -1.43. The van der Waals surface area contributed by atoms with E-state index in [1.165, 1.54) is 19.5 Å². The number of carbonyl (C=O) groups is 1. The molecular weight excluding hydrogens is 288 g/mol. The molecule has 1 amide bonds. The Morgan fingerprint density at radius 2 is 2.05 bits per heavy atom. The van der Waals surface area contributed by atoms with Crippen LogP contribution in [-0.4, -0.2) is 38.0 Å². The summed E-state index contributed by atoms with van der Waals surface area (Å²) < 4.78 is 3.73. The molecule has 0 saturated carbocycles. The molecule has 0 atom stereocenters. The van der Waals surface area contributed by atoms with Gasteiger partial charge in [0.1, 0.15) is 0 Å². The topological polar surface area (TPSA) is 32.3 Å². The highest BCUT2D eigenvalue weighted by atomic mass is 32.1. The molecule has 0 radical (unpaired) electrons. The fourth-order valence-electron chi connectivity index (χ4n) is 2.17. The minimum atomic E-state index is 0.109. The molecule has 0 aliphatic heterocycles. The van der Waals surface area contributed by atoms with E-state index in [0.717, 1.165) is 18.0 Å². The molecule has 0 bridgehead atoms. The van der Waals surface area contributed by atoms with Crippen LogP contribution in [0.2, 0.25) is 0 Å². The van der Waals surface area contributed by atoms with Crippen molar-refractivity contribution in [1.82, 2.24) is 10.2 Å². The van der Waals surface area contributed by atoms with Crippen molar-refractivity contribution in [3.05, 3.63) is 35.2 Å². The number of nitrogens with zero attached hydrogens (tertiary/aromatic N) is 1. The van der Waals surface area contributed by atoms with Gasteiger partial charge in [0.05, 0.1) is 9.58 Å². The van der Waals surface area contributed by atoms with Crippen molar-refractivity contribution in [2.45, 2.75) is 0 Å². The zero-order valence-electron chi connectivity index (χ0n) is 11.5.